The number of hydrogen-bond donors (Lipinski definition) is 3. The first-order valence-electron chi connectivity index (χ1n) is 14.1. The van der Waals surface area contributed by atoms with Gasteiger partial charge in [-0.25, -0.2) is 18.7 Å². The molecule has 1 saturated carbocycles. The van der Waals surface area contributed by atoms with Crippen LogP contribution in [0.15, 0.2) is 36.4 Å². The van der Waals surface area contributed by atoms with Crippen LogP contribution in [0.4, 0.5) is 8.78 Å². The third-order valence-electron chi connectivity index (χ3n) is 8.62. The highest BCUT2D eigenvalue weighted by Crippen LogP contribution is 2.50. The lowest BCUT2D eigenvalue weighted by atomic mass is 9.81. The molecule has 0 spiro atoms. The fourth-order valence-electron chi connectivity index (χ4n) is 5.63. The molecule has 0 radical (unpaired) electrons. The van der Waals surface area contributed by atoms with E-state index in [0.29, 0.717) is 40.2 Å². The lowest BCUT2D eigenvalue weighted by molar-refractivity contribution is -0.123. The Hall–Kier alpha value is -4.06. The number of ether oxygens (including phenoxy) is 2. The van der Waals surface area contributed by atoms with Gasteiger partial charge in [0.25, 0.3) is 5.91 Å². The number of aryl methyl sites for hydroxylation is 1. The number of aromatic nitrogens is 2. The molecule has 1 fully saturated rings. The van der Waals surface area contributed by atoms with Crippen LogP contribution >= 0.6 is 23.2 Å². The van der Waals surface area contributed by atoms with Crippen molar-refractivity contribution in [1.29, 1.82) is 0 Å². The molecule has 1 aliphatic carbocycles. The van der Waals surface area contributed by atoms with Crippen molar-refractivity contribution in [3.05, 3.63) is 80.6 Å². The van der Waals surface area contributed by atoms with Gasteiger partial charge in [-0.2, -0.15) is 0 Å². The Kier molecular flexibility index (Phi) is 7.62. The number of pyridine rings is 2. The van der Waals surface area contributed by atoms with E-state index in [1.54, 1.807) is 26.0 Å². The Morgan fingerprint density at radius 1 is 1.20 bits per heavy atom. The summed E-state index contributed by atoms with van der Waals surface area (Å²) >= 11 is 12.2. The summed E-state index contributed by atoms with van der Waals surface area (Å²) in [6, 6.07) is 8.48. The van der Waals surface area contributed by atoms with E-state index < -0.39 is 39.5 Å². The Labute approximate surface area is 266 Å². The summed E-state index contributed by atoms with van der Waals surface area (Å²) in [4.78, 5) is 35.1. The molecule has 1 aliphatic heterocycles. The Bertz CT molecular complexity index is 1920. The molecule has 2 amide bonds. The van der Waals surface area contributed by atoms with Crippen LogP contribution in [0.3, 0.4) is 0 Å². The van der Waals surface area contributed by atoms with Gasteiger partial charge in [-0.15, -0.1) is 0 Å². The average Bonchev–Trinajstić information content (AvgIpc) is 3.82. The Balaban J connectivity index is 1.42. The summed E-state index contributed by atoms with van der Waals surface area (Å²) in [5.74, 6) is -3.17. The highest BCUT2D eigenvalue weighted by molar-refractivity contribution is 6.32. The summed E-state index contributed by atoms with van der Waals surface area (Å²) in [7, 11) is 1.46. The number of fused-ring (bicyclic) bond motifs is 2. The van der Waals surface area contributed by atoms with Crippen LogP contribution in [0.1, 0.15) is 47.1 Å². The number of benzene rings is 2. The molecule has 2 aliphatic rings. The number of rotatable bonds is 8. The quantitative estimate of drug-likeness (QED) is 0.217. The van der Waals surface area contributed by atoms with E-state index in [2.05, 4.69) is 15.3 Å². The summed E-state index contributed by atoms with van der Waals surface area (Å²) in [5.41, 5.74) is 4.10. The molecule has 13 heteroatoms. The smallest absolute Gasteiger partial charge is 0.251 e. The van der Waals surface area contributed by atoms with Crippen molar-refractivity contribution in [2.24, 2.45) is 11.7 Å². The molecular weight excluding hydrogens is 629 g/mol. The van der Waals surface area contributed by atoms with Crippen LogP contribution in [0.2, 0.25) is 10.0 Å². The van der Waals surface area contributed by atoms with Crippen LogP contribution in [0.5, 0.6) is 11.5 Å². The molecule has 0 bridgehead atoms. The SMILES string of the molecule is COc1cc(C(=O)NCC(O)(c2cc3c(c(-c4ccc(F)c(Cl)c4F)n2)OC[C@]3(C)C(N)=O)C2CC2)cc2cc(Cl)c(C)nc12. The molecule has 45 heavy (non-hydrogen) atoms. The first kappa shape index (κ1) is 30.9. The molecular formula is C32H28Cl2F2N4O5. The third-order valence-corrected chi connectivity index (χ3v) is 9.34. The van der Waals surface area contributed by atoms with Crippen molar-refractivity contribution < 1.29 is 33.0 Å². The average molecular weight is 658 g/mol. The number of aliphatic hydroxyl groups is 1. The van der Waals surface area contributed by atoms with Gasteiger partial charge in [0, 0.05) is 22.1 Å². The first-order valence-corrected chi connectivity index (χ1v) is 14.8. The van der Waals surface area contributed by atoms with Crippen molar-refractivity contribution in [2.75, 3.05) is 20.3 Å². The number of carbonyl (C=O) groups excluding carboxylic acids is 2. The van der Waals surface area contributed by atoms with E-state index in [1.807, 2.05) is 0 Å². The molecule has 2 aromatic heterocycles. The van der Waals surface area contributed by atoms with Gasteiger partial charge in [-0.3, -0.25) is 9.59 Å². The van der Waals surface area contributed by atoms with E-state index in [4.69, 9.17) is 38.4 Å². The zero-order valence-corrected chi connectivity index (χ0v) is 25.9. The molecule has 234 valence electrons. The fourth-order valence-corrected chi connectivity index (χ4v) is 5.95. The number of halogens is 4. The molecule has 4 N–H and O–H groups in total. The van der Waals surface area contributed by atoms with Gasteiger partial charge in [0.1, 0.15) is 51.2 Å². The minimum absolute atomic E-state index is 0.0550. The van der Waals surface area contributed by atoms with Gasteiger partial charge in [0.2, 0.25) is 5.91 Å². The van der Waals surface area contributed by atoms with Crippen molar-refractivity contribution in [2.45, 2.75) is 37.7 Å². The van der Waals surface area contributed by atoms with Crippen molar-refractivity contribution in [3.8, 4) is 22.8 Å². The van der Waals surface area contributed by atoms with Gasteiger partial charge < -0.3 is 25.6 Å². The van der Waals surface area contributed by atoms with Crippen LogP contribution < -0.4 is 20.5 Å². The predicted octanol–water partition coefficient (Wildman–Crippen LogP) is 5.36. The number of nitrogens with two attached hydrogens (primary N) is 1. The zero-order chi connectivity index (χ0) is 32.4. The number of methoxy groups -OCH3 is 1. The molecule has 9 nitrogen and oxygen atoms in total. The number of carbonyl (C=O) groups is 2. The highest BCUT2D eigenvalue weighted by atomic mass is 35.5. The summed E-state index contributed by atoms with van der Waals surface area (Å²) in [6.07, 6.45) is 1.24. The maximum Gasteiger partial charge on any atom is 0.251 e. The first-order chi connectivity index (χ1) is 21.3. The van der Waals surface area contributed by atoms with Crippen molar-refractivity contribution in [3.63, 3.8) is 0 Å². The normalized spacial score (nSPS) is 18.7. The van der Waals surface area contributed by atoms with Crippen LogP contribution in [0.25, 0.3) is 22.2 Å². The monoisotopic (exact) mass is 656 g/mol. The third kappa shape index (κ3) is 5.12. The molecule has 1 unspecified atom stereocenters. The molecule has 3 heterocycles. The van der Waals surface area contributed by atoms with Crippen LogP contribution in [-0.4, -0.2) is 47.2 Å². The summed E-state index contributed by atoms with van der Waals surface area (Å²) in [5, 5.41) is 15.2. The standard InChI is InChI=1S/C32H28Cl2F2N4O5/c1-14-20(33)9-15-8-16(10-22(44-3)26(15)39-14)29(41)38-12-32(43,17-4-5-17)23-11-19-28(45-13-31(19,2)30(37)42)27(40-23)18-6-7-21(35)24(34)25(18)36/h6-11,17,43H,4-5,12-13H2,1-3H3,(H2,37,42)(H,38,41)/t31-,32?/m0/s1. The molecule has 6 rings (SSSR count). The largest absolute Gasteiger partial charge is 0.494 e. The van der Waals surface area contributed by atoms with Crippen LogP contribution in [-0.2, 0) is 15.8 Å². The molecule has 4 aromatic rings. The van der Waals surface area contributed by atoms with Crippen molar-refractivity contribution >= 4 is 45.9 Å². The number of nitrogens with one attached hydrogen (secondary N) is 1. The number of amides is 2. The van der Waals surface area contributed by atoms with E-state index >= 15 is 4.39 Å². The molecule has 2 aromatic carbocycles. The van der Waals surface area contributed by atoms with E-state index in [0.717, 1.165) is 12.1 Å². The predicted molar refractivity (Wildman–Crippen MR) is 164 cm³/mol. The van der Waals surface area contributed by atoms with Crippen molar-refractivity contribution in [1.82, 2.24) is 15.3 Å². The van der Waals surface area contributed by atoms with Gasteiger partial charge in [0.05, 0.1) is 30.1 Å². The molecule has 0 saturated heterocycles. The maximum atomic E-state index is 15.3. The number of nitrogens with zero attached hydrogens (tertiary/aromatic N) is 2. The summed E-state index contributed by atoms with van der Waals surface area (Å²) in [6.45, 7) is 2.88. The minimum Gasteiger partial charge on any atom is -0.494 e. The second-order valence-corrected chi connectivity index (χ2v) is 12.4. The number of primary amides is 1. The summed E-state index contributed by atoms with van der Waals surface area (Å²) < 4.78 is 40.7. The number of hydrogen-bond acceptors (Lipinski definition) is 7. The van der Waals surface area contributed by atoms with Gasteiger partial charge in [-0.05, 0) is 69.0 Å². The zero-order valence-electron chi connectivity index (χ0n) is 24.4. The van der Waals surface area contributed by atoms with E-state index in [1.165, 1.54) is 19.2 Å². The second kappa shape index (κ2) is 11.1. The Morgan fingerprint density at radius 3 is 2.60 bits per heavy atom. The maximum absolute atomic E-state index is 15.3. The topological polar surface area (TPSA) is 137 Å². The minimum atomic E-state index is -1.75. The molecule has 2 atom stereocenters. The lowest BCUT2D eigenvalue weighted by Crippen LogP contribution is -2.44. The van der Waals surface area contributed by atoms with Crippen LogP contribution in [0, 0.1) is 24.5 Å². The van der Waals surface area contributed by atoms with Gasteiger partial charge in [-0.1, -0.05) is 23.2 Å². The van der Waals surface area contributed by atoms with Gasteiger partial charge in [0.15, 0.2) is 5.82 Å². The fraction of sp³-hybridized carbons (Fsp3) is 0.312. The van der Waals surface area contributed by atoms with E-state index in [9.17, 15) is 19.1 Å². The second-order valence-electron chi connectivity index (χ2n) is 11.6. The lowest BCUT2D eigenvalue weighted by Gasteiger charge is -2.30. The van der Waals surface area contributed by atoms with E-state index in [-0.39, 0.29) is 52.9 Å². The van der Waals surface area contributed by atoms with Gasteiger partial charge >= 0.3 is 0 Å². The highest BCUT2D eigenvalue weighted by Gasteiger charge is 2.50. The Morgan fingerprint density at radius 2 is 1.93 bits per heavy atom.